The molecular weight excluding hydrogens is 389 g/mol. The zero-order valence-corrected chi connectivity index (χ0v) is 15.8. The summed E-state index contributed by atoms with van der Waals surface area (Å²) < 4.78 is 22.2. The van der Waals surface area contributed by atoms with E-state index in [2.05, 4.69) is 15.6 Å². The van der Waals surface area contributed by atoms with Gasteiger partial charge >= 0.3 is 0 Å². The summed E-state index contributed by atoms with van der Waals surface area (Å²) in [6, 6.07) is 0.101. The van der Waals surface area contributed by atoms with Gasteiger partial charge in [0.15, 0.2) is 5.96 Å². The third kappa shape index (κ3) is 10.7. The first-order valence-electron chi connectivity index (χ1n) is 7.05. The van der Waals surface area contributed by atoms with Gasteiger partial charge in [-0.25, -0.2) is 8.42 Å². The highest BCUT2D eigenvalue weighted by atomic mass is 127. The number of guanidine groups is 1. The molecule has 0 aromatic heterocycles. The van der Waals surface area contributed by atoms with Gasteiger partial charge in [-0.3, -0.25) is 4.99 Å². The minimum atomic E-state index is -2.89. The van der Waals surface area contributed by atoms with Crippen LogP contribution in [0.3, 0.4) is 0 Å². The molecule has 0 radical (unpaired) electrons. The number of sulfone groups is 1. The van der Waals surface area contributed by atoms with Crippen molar-refractivity contribution >= 4 is 39.8 Å². The third-order valence-corrected chi connectivity index (χ3v) is 4.28. The van der Waals surface area contributed by atoms with Gasteiger partial charge in [0.2, 0.25) is 0 Å². The van der Waals surface area contributed by atoms with E-state index in [-0.39, 0.29) is 35.8 Å². The fourth-order valence-corrected chi connectivity index (χ4v) is 2.68. The largest absolute Gasteiger partial charge is 0.356 e. The third-order valence-electron chi connectivity index (χ3n) is 3.31. The Balaban J connectivity index is 0.00000361. The van der Waals surface area contributed by atoms with E-state index in [4.69, 9.17) is 0 Å². The van der Waals surface area contributed by atoms with E-state index in [1.165, 1.54) is 31.9 Å². The molecule has 0 amide bonds. The lowest BCUT2D eigenvalue weighted by molar-refractivity contribution is 0.578. The lowest BCUT2D eigenvalue weighted by Gasteiger charge is -2.17. The monoisotopic (exact) mass is 417 g/mol. The molecule has 1 rings (SSSR count). The molecule has 1 unspecified atom stereocenters. The van der Waals surface area contributed by atoms with Gasteiger partial charge in [0.1, 0.15) is 9.84 Å². The van der Waals surface area contributed by atoms with Crippen LogP contribution in [-0.2, 0) is 9.84 Å². The van der Waals surface area contributed by atoms with Crippen LogP contribution in [0.25, 0.3) is 0 Å². The minimum Gasteiger partial charge on any atom is -0.356 e. The number of nitrogens with zero attached hydrogens (tertiary/aromatic N) is 1. The minimum absolute atomic E-state index is 0. The van der Waals surface area contributed by atoms with E-state index in [0.717, 1.165) is 18.4 Å². The summed E-state index contributed by atoms with van der Waals surface area (Å²) in [6.45, 7) is 2.90. The molecule has 1 aliphatic rings. The summed E-state index contributed by atoms with van der Waals surface area (Å²) in [7, 11) is -1.15. The molecule has 1 aliphatic carbocycles. The van der Waals surface area contributed by atoms with Crippen LogP contribution in [0.2, 0.25) is 0 Å². The summed E-state index contributed by atoms with van der Waals surface area (Å²) in [5.74, 6) is 1.93. The van der Waals surface area contributed by atoms with E-state index < -0.39 is 9.84 Å². The number of halogens is 1. The average Bonchev–Trinajstić information content (AvgIpc) is 3.13. The normalized spacial score (nSPS) is 17.2. The molecule has 2 N–H and O–H groups in total. The Bertz CT molecular complexity index is 394. The summed E-state index contributed by atoms with van der Waals surface area (Å²) in [6.07, 6.45) is 7.13. The van der Waals surface area contributed by atoms with Crippen molar-refractivity contribution in [3.05, 3.63) is 0 Å². The highest BCUT2D eigenvalue weighted by Crippen LogP contribution is 2.33. The molecule has 7 heteroatoms. The maximum absolute atomic E-state index is 11.1. The average molecular weight is 417 g/mol. The van der Waals surface area contributed by atoms with Gasteiger partial charge in [0.25, 0.3) is 0 Å². The molecule has 1 atom stereocenters. The van der Waals surface area contributed by atoms with Crippen LogP contribution < -0.4 is 10.6 Å². The predicted octanol–water partition coefficient (Wildman–Crippen LogP) is 1.78. The van der Waals surface area contributed by atoms with Crippen LogP contribution in [0.1, 0.15) is 39.0 Å². The zero-order chi connectivity index (χ0) is 14.3. The van der Waals surface area contributed by atoms with Crippen LogP contribution in [0, 0.1) is 5.92 Å². The smallest absolute Gasteiger partial charge is 0.191 e. The predicted molar refractivity (Wildman–Crippen MR) is 95.7 cm³/mol. The molecule has 0 aromatic rings. The van der Waals surface area contributed by atoms with E-state index in [9.17, 15) is 8.42 Å². The first-order chi connectivity index (χ1) is 8.90. The molecule has 0 bridgehead atoms. The highest BCUT2D eigenvalue weighted by molar-refractivity contribution is 14.0. The van der Waals surface area contributed by atoms with Crippen molar-refractivity contribution in [2.45, 2.75) is 45.1 Å². The second-order valence-electron chi connectivity index (χ2n) is 5.55. The van der Waals surface area contributed by atoms with Crippen LogP contribution in [0.15, 0.2) is 4.99 Å². The molecule has 0 heterocycles. The van der Waals surface area contributed by atoms with Crippen molar-refractivity contribution in [3.63, 3.8) is 0 Å². The SMILES string of the molecule is CN=C(NCCCC1CC1)NC(C)CCS(C)(=O)=O.I. The second kappa shape index (κ2) is 9.81. The van der Waals surface area contributed by atoms with Crippen LogP contribution in [-0.4, -0.2) is 46.0 Å². The van der Waals surface area contributed by atoms with Gasteiger partial charge < -0.3 is 10.6 Å². The molecular formula is C13H28IN3O2S. The van der Waals surface area contributed by atoms with Crippen LogP contribution in [0.5, 0.6) is 0 Å². The summed E-state index contributed by atoms with van der Waals surface area (Å²) in [5, 5.41) is 6.49. The standard InChI is InChI=1S/C13H27N3O2S.HI/c1-11(8-10-19(3,17)18)16-13(14-2)15-9-4-5-12-6-7-12;/h11-12H,4-10H2,1-3H3,(H2,14,15,16);1H. The van der Waals surface area contributed by atoms with E-state index in [1.807, 2.05) is 6.92 Å². The van der Waals surface area contributed by atoms with Gasteiger partial charge in [-0.05, 0) is 32.1 Å². The van der Waals surface area contributed by atoms with Gasteiger partial charge in [0.05, 0.1) is 5.75 Å². The van der Waals surface area contributed by atoms with Gasteiger partial charge in [0, 0.05) is 25.9 Å². The van der Waals surface area contributed by atoms with Gasteiger partial charge in [-0.15, -0.1) is 24.0 Å². The molecule has 120 valence electrons. The summed E-state index contributed by atoms with van der Waals surface area (Å²) >= 11 is 0. The summed E-state index contributed by atoms with van der Waals surface area (Å²) in [5.41, 5.74) is 0. The fourth-order valence-electron chi connectivity index (χ4n) is 1.90. The van der Waals surface area contributed by atoms with Gasteiger partial charge in [-0.1, -0.05) is 12.8 Å². The van der Waals surface area contributed by atoms with Crippen LogP contribution in [0.4, 0.5) is 0 Å². The number of aliphatic imine (C=N–C) groups is 1. The maximum Gasteiger partial charge on any atom is 0.191 e. The Morgan fingerprint density at radius 1 is 1.40 bits per heavy atom. The topological polar surface area (TPSA) is 70.6 Å². The number of nitrogens with one attached hydrogen (secondary N) is 2. The molecule has 20 heavy (non-hydrogen) atoms. The highest BCUT2D eigenvalue weighted by Gasteiger charge is 2.20. The molecule has 0 saturated heterocycles. The lowest BCUT2D eigenvalue weighted by Crippen LogP contribution is -2.43. The second-order valence-corrected chi connectivity index (χ2v) is 7.81. The Labute approximate surface area is 140 Å². The first-order valence-corrected chi connectivity index (χ1v) is 9.11. The van der Waals surface area contributed by atoms with Crippen LogP contribution >= 0.6 is 24.0 Å². The Hall–Kier alpha value is -0.0500. The van der Waals surface area contributed by atoms with Gasteiger partial charge in [-0.2, -0.15) is 0 Å². The van der Waals surface area contributed by atoms with Crippen molar-refractivity contribution < 1.29 is 8.42 Å². The van der Waals surface area contributed by atoms with E-state index in [0.29, 0.717) is 6.42 Å². The molecule has 0 aliphatic heterocycles. The number of hydrogen-bond donors (Lipinski definition) is 2. The zero-order valence-electron chi connectivity index (χ0n) is 12.7. The molecule has 0 aromatic carbocycles. The quantitative estimate of drug-likeness (QED) is 0.274. The molecule has 0 spiro atoms. The summed E-state index contributed by atoms with van der Waals surface area (Å²) in [4.78, 5) is 4.15. The molecule has 1 fully saturated rings. The van der Waals surface area contributed by atoms with Crippen molar-refractivity contribution in [2.24, 2.45) is 10.9 Å². The number of rotatable bonds is 8. The first kappa shape index (κ1) is 19.9. The molecule has 5 nitrogen and oxygen atoms in total. The van der Waals surface area contributed by atoms with Crippen molar-refractivity contribution in [2.75, 3.05) is 25.6 Å². The Morgan fingerprint density at radius 3 is 2.55 bits per heavy atom. The Morgan fingerprint density at radius 2 is 2.05 bits per heavy atom. The fraction of sp³-hybridized carbons (Fsp3) is 0.923. The van der Waals surface area contributed by atoms with E-state index in [1.54, 1.807) is 7.05 Å². The lowest BCUT2D eigenvalue weighted by atomic mass is 10.2. The van der Waals surface area contributed by atoms with Crippen molar-refractivity contribution in [3.8, 4) is 0 Å². The molecule has 1 saturated carbocycles. The Kier molecular flexibility index (Phi) is 9.78. The van der Waals surface area contributed by atoms with E-state index >= 15 is 0 Å². The number of hydrogen-bond acceptors (Lipinski definition) is 3. The van der Waals surface area contributed by atoms with Crippen molar-refractivity contribution in [1.82, 2.24) is 10.6 Å². The van der Waals surface area contributed by atoms with Crippen molar-refractivity contribution in [1.29, 1.82) is 0 Å². The maximum atomic E-state index is 11.1.